The number of nitrogens with one attached hydrogen (secondary N) is 3. The zero-order chi connectivity index (χ0) is 25.3. The van der Waals surface area contributed by atoms with Gasteiger partial charge in [0.05, 0.1) is 10.6 Å². The number of thiophene rings is 1. The summed E-state index contributed by atoms with van der Waals surface area (Å²) >= 11 is 1.62. The van der Waals surface area contributed by atoms with Crippen LogP contribution in [0.25, 0.3) is 20.7 Å². The van der Waals surface area contributed by atoms with Crippen LogP contribution in [0.1, 0.15) is 33.1 Å². The van der Waals surface area contributed by atoms with Crippen molar-refractivity contribution in [2.75, 3.05) is 23.7 Å². The molecule has 0 bridgehead atoms. The van der Waals surface area contributed by atoms with Gasteiger partial charge in [0, 0.05) is 35.6 Å². The number of aromatic nitrogens is 2. The van der Waals surface area contributed by atoms with Crippen LogP contribution in [0.4, 0.5) is 16.4 Å². The highest BCUT2D eigenvalue weighted by Gasteiger charge is 2.45. The van der Waals surface area contributed by atoms with Crippen molar-refractivity contribution in [2.24, 2.45) is 5.92 Å². The van der Waals surface area contributed by atoms with E-state index in [2.05, 4.69) is 44.1 Å². The van der Waals surface area contributed by atoms with Gasteiger partial charge >= 0.3 is 6.03 Å². The van der Waals surface area contributed by atoms with E-state index in [-0.39, 0.29) is 17.7 Å². The van der Waals surface area contributed by atoms with Gasteiger partial charge in [-0.3, -0.25) is 14.9 Å². The first kappa shape index (κ1) is 23.9. The van der Waals surface area contributed by atoms with E-state index in [9.17, 15) is 14.4 Å². The van der Waals surface area contributed by atoms with Crippen LogP contribution in [-0.2, 0) is 9.59 Å². The number of allylic oxidation sites excluding steroid dienone is 2. The molecule has 1 saturated heterocycles. The lowest BCUT2D eigenvalue weighted by molar-refractivity contribution is -0.125. The molecule has 1 aromatic carbocycles. The van der Waals surface area contributed by atoms with Crippen molar-refractivity contribution in [2.45, 2.75) is 38.6 Å². The maximum Gasteiger partial charge on any atom is 0.325 e. The van der Waals surface area contributed by atoms with Crippen molar-refractivity contribution in [3.63, 3.8) is 0 Å². The van der Waals surface area contributed by atoms with Crippen LogP contribution < -0.4 is 16.0 Å². The van der Waals surface area contributed by atoms with Crippen LogP contribution in [0.15, 0.2) is 48.7 Å². The molecule has 186 valence electrons. The molecule has 5 rings (SSSR count). The summed E-state index contributed by atoms with van der Waals surface area (Å²) in [6, 6.07) is 9.48. The summed E-state index contributed by atoms with van der Waals surface area (Å²) in [5.74, 6) is 0.245. The molecule has 2 aliphatic rings. The predicted molar refractivity (Wildman–Crippen MR) is 141 cm³/mol. The summed E-state index contributed by atoms with van der Waals surface area (Å²) in [7, 11) is 0. The quantitative estimate of drug-likeness (QED) is 0.325. The highest BCUT2D eigenvalue weighted by atomic mass is 32.1. The van der Waals surface area contributed by atoms with Crippen molar-refractivity contribution in [3.05, 3.63) is 48.7 Å². The van der Waals surface area contributed by atoms with Gasteiger partial charge in [-0.1, -0.05) is 12.2 Å². The largest absolute Gasteiger partial charge is 0.352 e. The molecule has 1 aliphatic carbocycles. The molecule has 3 heterocycles. The molecule has 3 aromatic rings. The van der Waals surface area contributed by atoms with Gasteiger partial charge in [0.15, 0.2) is 0 Å². The van der Waals surface area contributed by atoms with E-state index >= 15 is 0 Å². The van der Waals surface area contributed by atoms with Crippen LogP contribution in [0, 0.1) is 5.92 Å². The molecule has 3 N–H and O–H groups in total. The fourth-order valence-electron chi connectivity index (χ4n) is 4.46. The molecule has 2 aromatic heterocycles. The molecular weight excluding hydrogens is 476 g/mol. The number of urea groups is 1. The van der Waals surface area contributed by atoms with Crippen LogP contribution in [-0.4, -0.2) is 51.3 Å². The van der Waals surface area contributed by atoms with Crippen LogP contribution >= 0.6 is 11.3 Å². The second-order valence-electron chi connectivity index (χ2n) is 9.50. The molecule has 0 radical (unpaired) electrons. The molecule has 0 saturated carbocycles. The Labute approximate surface area is 213 Å². The van der Waals surface area contributed by atoms with Crippen molar-refractivity contribution in [1.82, 2.24) is 20.2 Å². The number of carbonyl (C=O) groups is 3. The lowest BCUT2D eigenvalue weighted by atomic mass is 9.93. The predicted octanol–water partition coefficient (Wildman–Crippen LogP) is 4.40. The first-order chi connectivity index (χ1) is 17.3. The standard InChI is InChI=1S/C26H28N6O3S/c1-26(2)23(34)31-25(35)32(26)13-12-28-24-27-11-10-19(30-24)21-15-17-14-18(8-9-20(17)36-21)29-22(33)16-6-4-3-5-7-16/h3-4,8-11,14-16H,5-7,12-13H2,1-2H3,(H,29,33)(H,27,28,30)(H,31,34,35). The number of rotatable bonds is 7. The van der Waals surface area contributed by atoms with E-state index in [0.717, 1.165) is 45.6 Å². The average molecular weight is 505 g/mol. The van der Waals surface area contributed by atoms with Crippen molar-refractivity contribution < 1.29 is 14.4 Å². The topological polar surface area (TPSA) is 116 Å². The van der Waals surface area contributed by atoms with Gasteiger partial charge in [-0.25, -0.2) is 14.8 Å². The van der Waals surface area contributed by atoms with E-state index in [1.807, 2.05) is 24.3 Å². The van der Waals surface area contributed by atoms with Gasteiger partial charge in [0.25, 0.3) is 5.91 Å². The van der Waals surface area contributed by atoms with Gasteiger partial charge in [-0.15, -0.1) is 11.3 Å². The van der Waals surface area contributed by atoms with E-state index in [0.29, 0.717) is 19.0 Å². The minimum atomic E-state index is -0.885. The van der Waals surface area contributed by atoms with E-state index < -0.39 is 11.6 Å². The SMILES string of the molecule is CC1(C)C(=O)NC(=O)N1CCNc1nccc(-c2cc3cc(NC(=O)C4CC=CCC4)ccc3s2)n1. The number of anilines is 2. The number of fused-ring (bicyclic) bond motifs is 1. The average Bonchev–Trinajstić information content (AvgIpc) is 3.38. The molecule has 1 fully saturated rings. The van der Waals surface area contributed by atoms with Gasteiger partial charge < -0.3 is 15.5 Å². The summed E-state index contributed by atoms with van der Waals surface area (Å²) in [6.07, 6.45) is 8.53. The summed E-state index contributed by atoms with van der Waals surface area (Å²) in [4.78, 5) is 48.0. The third kappa shape index (κ3) is 4.81. The molecule has 9 nitrogen and oxygen atoms in total. The van der Waals surface area contributed by atoms with Crippen LogP contribution in [0.2, 0.25) is 0 Å². The molecule has 36 heavy (non-hydrogen) atoms. The molecule has 4 amide bonds. The number of nitrogens with zero attached hydrogens (tertiary/aromatic N) is 3. The lowest BCUT2D eigenvalue weighted by Gasteiger charge is -2.27. The Kier molecular flexibility index (Phi) is 6.44. The summed E-state index contributed by atoms with van der Waals surface area (Å²) in [5, 5.41) is 9.59. The number of imide groups is 1. The number of benzene rings is 1. The molecule has 1 aliphatic heterocycles. The van der Waals surface area contributed by atoms with Crippen molar-refractivity contribution >= 4 is 50.9 Å². The first-order valence-electron chi connectivity index (χ1n) is 12.0. The monoisotopic (exact) mass is 504 g/mol. The lowest BCUT2D eigenvalue weighted by Crippen LogP contribution is -2.46. The van der Waals surface area contributed by atoms with Crippen molar-refractivity contribution in [1.29, 1.82) is 0 Å². The maximum atomic E-state index is 12.6. The minimum absolute atomic E-state index is 0.0297. The molecule has 1 unspecified atom stereocenters. The smallest absolute Gasteiger partial charge is 0.325 e. The Balaban J connectivity index is 1.25. The van der Waals surface area contributed by atoms with E-state index in [1.54, 1.807) is 31.4 Å². The fourth-order valence-corrected chi connectivity index (χ4v) is 5.47. The maximum absolute atomic E-state index is 12.6. The Morgan fingerprint density at radius 3 is 2.83 bits per heavy atom. The normalized spacial score (nSPS) is 18.9. The Bertz CT molecular complexity index is 1360. The number of amides is 4. The third-order valence-electron chi connectivity index (χ3n) is 6.65. The van der Waals surface area contributed by atoms with E-state index in [4.69, 9.17) is 0 Å². The van der Waals surface area contributed by atoms with Gasteiger partial charge in [0.1, 0.15) is 5.54 Å². The second-order valence-corrected chi connectivity index (χ2v) is 10.6. The Morgan fingerprint density at radius 2 is 2.08 bits per heavy atom. The number of carbonyl (C=O) groups excluding carboxylic acids is 3. The number of hydrogen-bond acceptors (Lipinski definition) is 7. The van der Waals surface area contributed by atoms with E-state index in [1.165, 1.54) is 4.90 Å². The summed E-state index contributed by atoms with van der Waals surface area (Å²) in [5.41, 5.74) is 0.691. The zero-order valence-corrected chi connectivity index (χ0v) is 21.0. The summed E-state index contributed by atoms with van der Waals surface area (Å²) in [6.45, 7) is 4.18. The highest BCUT2D eigenvalue weighted by Crippen LogP contribution is 2.34. The third-order valence-corrected chi connectivity index (χ3v) is 7.78. The van der Waals surface area contributed by atoms with Gasteiger partial charge in [-0.2, -0.15) is 0 Å². The van der Waals surface area contributed by atoms with Gasteiger partial charge in [-0.05, 0) is 68.8 Å². The zero-order valence-electron chi connectivity index (χ0n) is 20.2. The fraction of sp³-hybridized carbons (Fsp3) is 0.346. The molecule has 10 heteroatoms. The Morgan fingerprint density at radius 1 is 1.22 bits per heavy atom. The molecule has 1 atom stereocenters. The van der Waals surface area contributed by atoms with Gasteiger partial charge in [0.2, 0.25) is 11.9 Å². The van der Waals surface area contributed by atoms with Crippen LogP contribution in [0.5, 0.6) is 0 Å². The number of hydrogen-bond donors (Lipinski definition) is 3. The van der Waals surface area contributed by atoms with Crippen LogP contribution in [0.3, 0.4) is 0 Å². The minimum Gasteiger partial charge on any atom is -0.352 e. The molecule has 0 spiro atoms. The first-order valence-corrected chi connectivity index (χ1v) is 12.8. The second kappa shape index (κ2) is 9.69. The molecular formula is C26H28N6O3S. The van der Waals surface area contributed by atoms with Crippen molar-refractivity contribution in [3.8, 4) is 10.6 Å². The Hall–Kier alpha value is -3.79. The highest BCUT2D eigenvalue weighted by molar-refractivity contribution is 7.22. The summed E-state index contributed by atoms with van der Waals surface area (Å²) < 4.78 is 1.10.